The summed E-state index contributed by atoms with van der Waals surface area (Å²) in [4.78, 5) is 15.9. The first kappa shape index (κ1) is 23.3. The molecule has 180 valence electrons. The minimum atomic E-state index is -0.849. The molecule has 0 aromatic heterocycles. The van der Waals surface area contributed by atoms with Gasteiger partial charge in [-0.25, -0.2) is 4.39 Å². The first-order chi connectivity index (χ1) is 17.0. The average molecular weight is 471 g/mol. The van der Waals surface area contributed by atoms with Gasteiger partial charge in [-0.3, -0.25) is 14.3 Å². The highest BCUT2D eigenvalue weighted by Gasteiger charge is 2.52. The van der Waals surface area contributed by atoms with Crippen molar-refractivity contribution in [1.82, 2.24) is 4.90 Å². The van der Waals surface area contributed by atoms with E-state index in [1.54, 1.807) is 0 Å². The van der Waals surface area contributed by atoms with E-state index in [0.717, 1.165) is 55.6 Å². The highest BCUT2D eigenvalue weighted by Crippen LogP contribution is 2.48. The van der Waals surface area contributed by atoms with Gasteiger partial charge in [-0.15, -0.1) is 0 Å². The van der Waals surface area contributed by atoms with Gasteiger partial charge in [0.25, 0.3) is 0 Å². The van der Waals surface area contributed by atoms with Gasteiger partial charge in [0, 0.05) is 6.92 Å². The van der Waals surface area contributed by atoms with Gasteiger partial charge in [-0.05, 0) is 54.0 Å². The largest absolute Gasteiger partial charge is 0.369 e. The average Bonchev–Trinajstić information content (AvgIpc) is 3.49. The first-order valence-electron chi connectivity index (χ1n) is 12.5. The van der Waals surface area contributed by atoms with Crippen molar-refractivity contribution >= 4 is 11.7 Å². The number of rotatable bonds is 7. The Labute approximate surface area is 206 Å². The van der Waals surface area contributed by atoms with E-state index in [1.807, 2.05) is 72.8 Å². The van der Waals surface area contributed by atoms with Crippen molar-refractivity contribution in [3.63, 3.8) is 0 Å². The summed E-state index contributed by atoms with van der Waals surface area (Å²) in [6.45, 7) is 4.87. The van der Waals surface area contributed by atoms with Crippen LogP contribution in [0.5, 0.6) is 0 Å². The fourth-order valence-corrected chi connectivity index (χ4v) is 6.34. The summed E-state index contributed by atoms with van der Waals surface area (Å²) in [5.74, 6) is 0.891. The maximum absolute atomic E-state index is 13.3. The van der Waals surface area contributed by atoms with Crippen LogP contribution in [0.3, 0.4) is 0 Å². The third-order valence-corrected chi connectivity index (χ3v) is 8.08. The molecule has 0 spiro atoms. The number of primary amides is 1. The number of benzene rings is 3. The molecule has 0 bridgehead atoms. The Hall–Kier alpha value is -3.47. The minimum absolute atomic E-state index is 0.119. The molecular formula is C30H33FN3O+. The van der Waals surface area contributed by atoms with E-state index in [1.165, 1.54) is 18.0 Å². The Morgan fingerprint density at radius 2 is 1.57 bits per heavy atom. The van der Waals surface area contributed by atoms with Crippen molar-refractivity contribution in [2.24, 2.45) is 11.7 Å². The smallest absolute Gasteiger partial charge is 0.244 e. The molecule has 3 aromatic carbocycles. The molecule has 4 nitrogen and oxygen atoms in total. The Balaban J connectivity index is 1.43. The zero-order valence-corrected chi connectivity index (χ0v) is 20.2. The molecule has 2 atom stereocenters. The molecule has 1 amide bonds. The van der Waals surface area contributed by atoms with Gasteiger partial charge in [0.2, 0.25) is 11.7 Å². The number of carbonyl (C=O) groups excluding carboxylic acids is 1. The van der Waals surface area contributed by atoms with Crippen LogP contribution in [0.25, 0.3) is 0 Å². The third kappa shape index (κ3) is 4.24. The van der Waals surface area contributed by atoms with E-state index in [4.69, 9.17) is 5.73 Å². The van der Waals surface area contributed by atoms with E-state index < -0.39 is 5.41 Å². The number of hydrogen-bond donors (Lipinski definition) is 1. The normalized spacial score (nSPS) is 20.5. The van der Waals surface area contributed by atoms with E-state index in [-0.39, 0.29) is 17.6 Å². The monoisotopic (exact) mass is 470 g/mol. The highest BCUT2D eigenvalue weighted by atomic mass is 19.1. The summed E-state index contributed by atoms with van der Waals surface area (Å²) < 4.78 is 15.7. The molecule has 5 heteroatoms. The standard InChI is InChI=1S/C30H32FN3O/c1-22-33(21-23-12-15-27(31)16-13-23)18-19-34(22)28-17-14-26(20-28)30(29(32)35,24-8-4-2-5-9-24)25-10-6-3-7-11-25/h2-13,15-16,26,28H,14,17-21H2,1H3,(H-,32,35)/p+1/t26-,28+/m0/s1. The van der Waals surface area contributed by atoms with Gasteiger partial charge in [0.05, 0.1) is 6.04 Å². The Morgan fingerprint density at radius 1 is 0.971 bits per heavy atom. The van der Waals surface area contributed by atoms with Crippen molar-refractivity contribution in [3.05, 3.63) is 107 Å². The summed E-state index contributed by atoms with van der Waals surface area (Å²) in [5, 5.41) is 0. The molecule has 1 saturated carbocycles. The fraction of sp³-hybridized carbons (Fsp3) is 0.333. The SMILES string of the molecule is CC1=[N+](Cc2ccc(F)cc2)CCN1[C@@H]1CC[C@H](C(C(N)=O)(c2ccccc2)c2ccccc2)C1. The van der Waals surface area contributed by atoms with E-state index in [0.29, 0.717) is 6.04 Å². The summed E-state index contributed by atoms with van der Waals surface area (Å²) in [6.07, 6.45) is 2.88. The van der Waals surface area contributed by atoms with Crippen LogP contribution in [0.15, 0.2) is 84.9 Å². The summed E-state index contributed by atoms with van der Waals surface area (Å²) in [5.41, 5.74) is 8.48. The van der Waals surface area contributed by atoms with Crippen LogP contribution in [0.1, 0.15) is 42.9 Å². The number of amides is 1. The maximum Gasteiger partial charge on any atom is 0.244 e. The van der Waals surface area contributed by atoms with Crippen molar-refractivity contribution in [3.8, 4) is 0 Å². The summed E-state index contributed by atoms with van der Waals surface area (Å²) >= 11 is 0. The zero-order chi connectivity index (χ0) is 24.4. The van der Waals surface area contributed by atoms with Gasteiger partial charge >= 0.3 is 0 Å². The molecule has 1 aliphatic carbocycles. The second-order valence-corrected chi connectivity index (χ2v) is 9.86. The second kappa shape index (κ2) is 9.65. The molecule has 0 saturated heterocycles. The molecular weight excluding hydrogens is 437 g/mol. The van der Waals surface area contributed by atoms with E-state index >= 15 is 0 Å². The van der Waals surface area contributed by atoms with Crippen molar-refractivity contribution in [1.29, 1.82) is 0 Å². The Morgan fingerprint density at radius 3 is 2.14 bits per heavy atom. The maximum atomic E-state index is 13.3. The van der Waals surface area contributed by atoms with Gasteiger partial charge in [-0.2, -0.15) is 0 Å². The predicted octanol–water partition coefficient (Wildman–Crippen LogP) is 4.71. The molecule has 0 radical (unpaired) electrons. The Bertz CT molecular complexity index is 1170. The number of nitrogens with zero attached hydrogens (tertiary/aromatic N) is 2. The number of nitrogens with two attached hydrogens (primary N) is 1. The molecule has 0 unspecified atom stereocenters. The van der Waals surface area contributed by atoms with Crippen molar-refractivity contribution in [2.45, 2.75) is 44.2 Å². The van der Waals surface area contributed by atoms with Crippen LogP contribution in [0.4, 0.5) is 4.39 Å². The molecule has 1 aliphatic heterocycles. The molecule has 35 heavy (non-hydrogen) atoms. The molecule has 1 heterocycles. The van der Waals surface area contributed by atoms with Crippen LogP contribution in [0.2, 0.25) is 0 Å². The first-order valence-corrected chi connectivity index (χ1v) is 12.5. The van der Waals surface area contributed by atoms with Gasteiger partial charge in [-0.1, -0.05) is 72.8 Å². The molecule has 1 fully saturated rings. The summed E-state index contributed by atoms with van der Waals surface area (Å²) in [6, 6.07) is 27.3. The lowest BCUT2D eigenvalue weighted by Crippen LogP contribution is -2.48. The summed E-state index contributed by atoms with van der Waals surface area (Å²) in [7, 11) is 0. The molecule has 5 rings (SSSR count). The van der Waals surface area contributed by atoms with Crippen LogP contribution in [0, 0.1) is 11.7 Å². The third-order valence-electron chi connectivity index (χ3n) is 8.08. The quantitative estimate of drug-likeness (QED) is 0.509. The number of carbonyl (C=O) groups is 1. The van der Waals surface area contributed by atoms with Crippen molar-refractivity contribution < 1.29 is 13.8 Å². The van der Waals surface area contributed by atoms with Crippen LogP contribution >= 0.6 is 0 Å². The zero-order valence-electron chi connectivity index (χ0n) is 20.2. The minimum Gasteiger partial charge on any atom is -0.369 e. The second-order valence-electron chi connectivity index (χ2n) is 9.86. The van der Waals surface area contributed by atoms with Crippen molar-refractivity contribution in [2.75, 3.05) is 13.1 Å². The molecule has 2 aliphatic rings. The van der Waals surface area contributed by atoms with E-state index in [9.17, 15) is 9.18 Å². The number of halogens is 1. The van der Waals surface area contributed by atoms with Crippen LogP contribution < -0.4 is 5.73 Å². The lowest BCUT2D eigenvalue weighted by Gasteiger charge is -2.37. The van der Waals surface area contributed by atoms with Gasteiger partial charge in [0.1, 0.15) is 30.9 Å². The highest BCUT2D eigenvalue weighted by molar-refractivity contribution is 5.91. The predicted molar refractivity (Wildman–Crippen MR) is 137 cm³/mol. The number of amidine groups is 1. The van der Waals surface area contributed by atoms with Gasteiger partial charge < -0.3 is 5.73 Å². The fourth-order valence-electron chi connectivity index (χ4n) is 6.34. The Kier molecular flexibility index (Phi) is 6.42. The lowest BCUT2D eigenvalue weighted by atomic mass is 9.64. The van der Waals surface area contributed by atoms with Crippen LogP contribution in [-0.2, 0) is 16.8 Å². The van der Waals surface area contributed by atoms with Crippen LogP contribution in [-0.4, -0.2) is 40.3 Å². The lowest BCUT2D eigenvalue weighted by molar-refractivity contribution is -0.534. The van der Waals surface area contributed by atoms with E-state index in [2.05, 4.69) is 16.4 Å². The van der Waals surface area contributed by atoms with Gasteiger partial charge in [0.15, 0.2) is 0 Å². The topological polar surface area (TPSA) is 49.3 Å². The molecule has 3 aromatic rings. The molecule has 2 N–H and O–H groups in total. The number of hydrogen-bond acceptors (Lipinski definition) is 2.